The van der Waals surface area contributed by atoms with Crippen LogP contribution in [0.15, 0.2) is 58.6 Å². The van der Waals surface area contributed by atoms with Crippen LogP contribution >= 0.6 is 11.8 Å². The number of hydrogen-bond donors (Lipinski definition) is 3. The lowest BCUT2D eigenvalue weighted by Crippen LogP contribution is -2.45. The van der Waals surface area contributed by atoms with Crippen LogP contribution in [0.5, 0.6) is 11.5 Å². The van der Waals surface area contributed by atoms with Crippen LogP contribution in [0.4, 0.5) is 16.4 Å². The lowest BCUT2D eigenvalue weighted by Gasteiger charge is -2.24. The number of aromatic nitrogens is 4. The number of hydrogen-bond acceptors (Lipinski definition) is 11. The molecule has 1 saturated carbocycles. The number of ether oxygens (including phenoxy) is 4. The number of amides is 1. The number of alkyl carbamates (subject to hydrolysis) is 1. The number of anilines is 2. The van der Waals surface area contributed by atoms with E-state index < -0.39 is 23.7 Å². The number of methoxy groups -OCH3 is 1. The average Bonchev–Trinajstić information content (AvgIpc) is 3.67. The van der Waals surface area contributed by atoms with Crippen molar-refractivity contribution in [2.24, 2.45) is 0 Å². The van der Waals surface area contributed by atoms with E-state index in [4.69, 9.17) is 28.9 Å². The SMILES string of the molecule is COc1cc2c(Nc3cc(C)[nH]n3)nc(Sc3ccccc3)nc2cc1OCCC(NC(=O)OC(C)(C)C)C(=O)OC1CCCC1. The zero-order valence-electron chi connectivity index (χ0n) is 26.7. The van der Waals surface area contributed by atoms with Crippen molar-refractivity contribution in [2.75, 3.05) is 19.0 Å². The van der Waals surface area contributed by atoms with Crippen LogP contribution in [0.25, 0.3) is 10.9 Å². The Labute approximate surface area is 272 Å². The Hall–Kier alpha value is -4.52. The molecule has 12 nitrogen and oxygen atoms in total. The lowest BCUT2D eigenvalue weighted by atomic mass is 10.2. The Kier molecular flexibility index (Phi) is 10.5. The number of nitrogens with one attached hydrogen (secondary N) is 3. The second kappa shape index (κ2) is 14.7. The molecule has 0 aliphatic heterocycles. The fourth-order valence-electron chi connectivity index (χ4n) is 4.96. The summed E-state index contributed by atoms with van der Waals surface area (Å²) in [7, 11) is 1.55. The zero-order valence-corrected chi connectivity index (χ0v) is 27.5. The van der Waals surface area contributed by atoms with Gasteiger partial charge in [-0.25, -0.2) is 19.6 Å². The van der Waals surface area contributed by atoms with Crippen LogP contribution in [-0.2, 0) is 14.3 Å². The first-order valence-corrected chi connectivity index (χ1v) is 16.1. The monoisotopic (exact) mass is 648 g/mol. The number of H-pyrrole nitrogens is 1. The molecule has 4 aromatic rings. The number of aromatic amines is 1. The molecule has 1 fully saturated rings. The first-order valence-electron chi connectivity index (χ1n) is 15.3. The summed E-state index contributed by atoms with van der Waals surface area (Å²) in [5.41, 5.74) is 0.796. The number of benzene rings is 2. The van der Waals surface area contributed by atoms with Gasteiger partial charge in [0.25, 0.3) is 0 Å². The van der Waals surface area contributed by atoms with Crippen molar-refractivity contribution >= 4 is 46.4 Å². The first-order chi connectivity index (χ1) is 22.1. The van der Waals surface area contributed by atoms with Gasteiger partial charge >= 0.3 is 12.1 Å². The summed E-state index contributed by atoms with van der Waals surface area (Å²) in [5, 5.41) is 14.4. The number of carbonyl (C=O) groups is 2. The second-order valence-corrected chi connectivity index (χ2v) is 13.1. The number of rotatable bonds is 12. The Morgan fingerprint density at radius 1 is 1.07 bits per heavy atom. The summed E-state index contributed by atoms with van der Waals surface area (Å²) in [4.78, 5) is 36.3. The van der Waals surface area contributed by atoms with Crippen molar-refractivity contribution < 1.29 is 28.5 Å². The van der Waals surface area contributed by atoms with Gasteiger partial charge in [0.15, 0.2) is 22.5 Å². The van der Waals surface area contributed by atoms with E-state index in [0.717, 1.165) is 36.3 Å². The fourth-order valence-corrected chi connectivity index (χ4v) is 5.75. The van der Waals surface area contributed by atoms with Gasteiger partial charge in [0, 0.05) is 34.5 Å². The summed E-state index contributed by atoms with van der Waals surface area (Å²) < 4.78 is 23.0. The predicted molar refractivity (Wildman–Crippen MR) is 175 cm³/mol. The molecule has 3 N–H and O–H groups in total. The van der Waals surface area contributed by atoms with E-state index in [1.165, 1.54) is 11.8 Å². The quantitative estimate of drug-likeness (QED) is 0.111. The van der Waals surface area contributed by atoms with Crippen LogP contribution in [-0.4, -0.2) is 63.7 Å². The maximum Gasteiger partial charge on any atom is 0.408 e. The molecule has 0 bridgehead atoms. The van der Waals surface area contributed by atoms with E-state index in [-0.39, 0.29) is 19.1 Å². The average molecular weight is 649 g/mol. The number of esters is 1. The first kappa shape index (κ1) is 32.9. The summed E-state index contributed by atoms with van der Waals surface area (Å²) in [5.74, 6) is 1.53. The highest BCUT2D eigenvalue weighted by Gasteiger charge is 2.29. The Bertz CT molecular complexity index is 1650. The molecule has 0 radical (unpaired) electrons. The smallest absolute Gasteiger partial charge is 0.408 e. The third-order valence-electron chi connectivity index (χ3n) is 7.09. The molecule has 0 saturated heterocycles. The topological polar surface area (TPSA) is 150 Å². The molecule has 5 rings (SSSR count). The highest BCUT2D eigenvalue weighted by Crippen LogP contribution is 2.37. The zero-order chi connectivity index (χ0) is 32.7. The largest absolute Gasteiger partial charge is 0.493 e. The van der Waals surface area contributed by atoms with Crippen molar-refractivity contribution in [3.8, 4) is 11.5 Å². The molecular weight excluding hydrogens is 608 g/mol. The van der Waals surface area contributed by atoms with Crippen LogP contribution < -0.4 is 20.1 Å². The molecule has 1 atom stereocenters. The molecule has 46 heavy (non-hydrogen) atoms. The van der Waals surface area contributed by atoms with Crippen LogP contribution in [0.3, 0.4) is 0 Å². The van der Waals surface area contributed by atoms with Gasteiger partial charge in [-0.15, -0.1) is 0 Å². The Morgan fingerprint density at radius 2 is 1.83 bits per heavy atom. The summed E-state index contributed by atoms with van der Waals surface area (Å²) in [6, 6.07) is 14.4. The van der Waals surface area contributed by atoms with E-state index in [2.05, 4.69) is 20.8 Å². The van der Waals surface area contributed by atoms with Gasteiger partial charge in [-0.2, -0.15) is 5.10 Å². The molecule has 244 valence electrons. The number of aryl methyl sites for hydroxylation is 1. The van der Waals surface area contributed by atoms with Gasteiger partial charge in [-0.05, 0) is 83.3 Å². The van der Waals surface area contributed by atoms with Gasteiger partial charge < -0.3 is 29.6 Å². The Balaban J connectivity index is 1.38. The normalized spacial score (nSPS) is 14.1. The summed E-state index contributed by atoms with van der Waals surface area (Å²) in [6.07, 6.45) is 2.97. The van der Waals surface area contributed by atoms with E-state index >= 15 is 0 Å². The molecule has 1 amide bonds. The minimum Gasteiger partial charge on any atom is -0.493 e. The third kappa shape index (κ3) is 9.03. The molecule has 2 heterocycles. The maximum atomic E-state index is 13.1. The molecular formula is C33H40N6O6S. The van der Waals surface area contributed by atoms with Crippen molar-refractivity contribution in [2.45, 2.75) is 87.6 Å². The van der Waals surface area contributed by atoms with Gasteiger partial charge in [0.2, 0.25) is 0 Å². The van der Waals surface area contributed by atoms with Crippen LogP contribution in [0.2, 0.25) is 0 Å². The highest BCUT2D eigenvalue weighted by molar-refractivity contribution is 7.99. The van der Waals surface area contributed by atoms with E-state index in [1.54, 1.807) is 40.0 Å². The Morgan fingerprint density at radius 3 is 2.50 bits per heavy atom. The fraction of sp³-hybridized carbons (Fsp3) is 0.424. The molecule has 2 aromatic carbocycles. The second-order valence-electron chi connectivity index (χ2n) is 12.0. The summed E-state index contributed by atoms with van der Waals surface area (Å²) >= 11 is 1.43. The van der Waals surface area contributed by atoms with Crippen molar-refractivity contribution in [1.29, 1.82) is 0 Å². The van der Waals surface area contributed by atoms with Crippen molar-refractivity contribution in [3.63, 3.8) is 0 Å². The minimum absolute atomic E-state index is 0.0798. The summed E-state index contributed by atoms with van der Waals surface area (Å²) in [6.45, 7) is 7.28. The maximum absolute atomic E-state index is 13.1. The van der Waals surface area contributed by atoms with Gasteiger partial charge in [-0.3, -0.25) is 5.10 Å². The highest BCUT2D eigenvalue weighted by atomic mass is 32.2. The molecule has 1 aliphatic carbocycles. The number of fused-ring (bicyclic) bond motifs is 1. The van der Waals surface area contributed by atoms with Crippen LogP contribution in [0, 0.1) is 6.92 Å². The molecule has 13 heteroatoms. The van der Waals surface area contributed by atoms with E-state index in [0.29, 0.717) is 39.2 Å². The third-order valence-corrected chi connectivity index (χ3v) is 7.96. The molecule has 1 unspecified atom stereocenters. The van der Waals surface area contributed by atoms with Gasteiger partial charge in [-0.1, -0.05) is 18.2 Å². The number of nitrogens with zero attached hydrogens (tertiary/aromatic N) is 3. The van der Waals surface area contributed by atoms with Gasteiger partial charge in [0.1, 0.15) is 23.6 Å². The molecule has 0 spiro atoms. The standard InChI is InChI=1S/C33H40N6O6S/c1-20-17-28(39-38-20)36-29-23-18-26(42-5)27(19-25(23)34-31(37-29)46-22-13-7-6-8-14-22)43-16-15-24(35-32(41)45-33(2,3)4)30(40)44-21-11-9-10-12-21/h6-8,13-14,17-19,21,24H,9-12,15-16H2,1-5H3,(H,35,41)(H2,34,36,37,38,39). The molecule has 1 aliphatic rings. The lowest BCUT2D eigenvalue weighted by molar-refractivity contribution is -0.151. The molecule has 2 aromatic heterocycles. The van der Waals surface area contributed by atoms with Crippen molar-refractivity contribution in [3.05, 3.63) is 54.2 Å². The minimum atomic E-state index is -0.953. The van der Waals surface area contributed by atoms with Crippen LogP contribution in [0.1, 0.15) is 58.6 Å². The van der Waals surface area contributed by atoms with E-state index in [9.17, 15) is 9.59 Å². The van der Waals surface area contributed by atoms with Crippen molar-refractivity contribution in [1.82, 2.24) is 25.5 Å². The van der Waals surface area contributed by atoms with E-state index in [1.807, 2.05) is 43.3 Å². The number of carbonyl (C=O) groups excluding carboxylic acids is 2. The van der Waals surface area contributed by atoms with Gasteiger partial charge in [0.05, 0.1) is 19.2 Å². The predicted octanol–water partition coefficient (Wildman–Crippen LogP) is 6.71.